The van der Waals surface area contributed by atoms with Gasteiger partial charge in [0.1, 0.15) is 0 Å². The average Bonchev–Trinajstić information content (AvgIpc) is 2.31. The van der Waals surface area contributed by atoms with E-state index in [-0.39, 0.29) is 23.3 Å². The molecule has 72 valence electrons. The maximum atomic E-state index is 11.8. The van der Waals surface area contributed by atoms with E-state index in [0.29, 0.717) is 5.92 Å². The maximum absolute atomic E-state index is 11.8. The molecular formula is C12H13NO. The van der Waals surface area contributed by atoms with Crippen LogP contribution in [0.5, 0.6) is 0 Å². The average molecular weight is 187 g/mol. The van der Waals surface area contributed by atoms with Gasteiger partial charge in [0.25, 0.3) is 0 Å². The third kappa shape index (κ3) is 0.834. The van der Waals surface area contributed by atoms with Gasteiger partial charge in [-0.2, -0.15) is 0 Å². The number of hydrogen-bond acceptors (Lipinski definition) is 1. The normalized spacial score (nSPS) is 47.8. The van der Waals surface area contributed by atoms with Gasteiger partial charge in [0.15, 0.2) is 0 Å². The Bertz CT molecular complexity index is 380. The van der Waals surface area contributed by atoms with Gasteiger partial charge in [-0.25, -0.2) is 0 Å². The lowest BCUT2D eigenvalue weighted by Crippen LogP contribution is -2.34. The van der Waals surface area contributed by atoms with Crippen molar-refractivity contribution in [2.75, 3.05) is 0 Å². The molecule has 1 amide bonds. The summed E-state index contributed by atoms with van der Waals surface area (Å²) in [6.07, 6.45) is 12.7. The van der Waals surface area contributed by atoms with Gasteiger partial charge >= 0.3 is 0 Å². The number of nitrogens with one attached hydrogen (secondary N) is 1. The summed E-state index contributed by atoms with van der Waals surface area (Å²) in [4.78, 5) is 11.8. The van der Waals surface area contributed by atoms with E-state index in [0.717, 1.165) is 0 Å². The van der Waals surface area contributed by atoms with E-state index in [1.807, 2.05) is 0 Å². The van der Waals surface area contributed by atoms with Gasteiger partial charge in [-0.05, 0) is 0 Å². The van der Waals surface area contributed by atoms with Crippen molar-refractivity contribution in [3.05, 3.63) is 36.5 Å². The third-order valence-electron chi connectivity index (χ3n) is 3.62. The van der Waals surface area contributed by atoms with Gasteiger partial charge in [-0.1, -0.05) is 43.4 Å². The number of allylic oxidation sites excluding steroid dienone is 4. The van der Waals surface area contributed by atoms with Crippen molar-refractivity contribution in [3.8, 4) is 0 Å². The maximum Gasteiger partial charge on any atom is 0.225 e. The summed E-state index contributed by atoms with van der Waals surface area (Å²) in [7, 11) is 0. The predicted molar refractivity (Wildman–Crippen MR) is 54.4 cm³/mol. The lowest BCUT2D eigenvalue weighted by Gasteiger charge is -2.33. The second-order valence-electron chi connectivity index (χ2n) is 4.56. The van der Waals surface area contributed by atoms with Crippen LogP contribution in [0.15, 0.2) is 36.5 Å². The SMILES string of the molecule is C[C@]12C=CC=CC3C(C=C1)NC(=O)C32. The van der Waals surface area contributed by atoms with Crippen molar-refractivity contribution < 1.29 is 4.79 Å². The van der Waals surface area contributed by atoms with Crippen LogP contribution in [-0.4, -0.2) is 11.9 Å². The largest absolute Gasteiger partial charge is 0.349 e. The van der Waals surface area contributed by atoms with Crippen molar-refractivity contribution in [1.29, 1.82) is 0 Å². The third-order valence-corrected chi connectivity index (χ3v) is 3.62. The van der Waals surface area contributed by atoms with Crippen LogP contribution in [0.2, 0.25) is 0 Å². The molecule has 2 aliphatic carbocycles. The fourth-order valence-corrected chi connectivity index (χ4v) is 2.87. The van der Waals surface area contributed by atoms with Gasteiger partial charge in [-0.3, -0.25) is 4.79 Å². The summed E-state index contributed by atoms with van der Waals surface area (Å²) in [6.45, 7) is 2.13. The van der Waals surface area contributed by atoms with Crippen LogP contribution in [0.4, 0.5) is 0 Å². The highest BCUT2D eigenvalue weighted by molar-refractivity contribution is 5.85. The molecular weight excluding hydrogens is 174 g/mol. The predicted octanol–water partition coefficient (Wildman–Crippen LogP) is 1.42. The summed E-state index contributed by atoms with van der Waals surface area (Å²) < 4.78 is 0. The number of carbonyl (C=O) groups excluding carboxylic acids is 1. The molecule has 0 radical (unpaired) electrons. The Balaban J connectivity index is 2.20. The number of rotatable bonds is 0. The molecule has 14 heavy (non-hydrogen) atoms. The molecule has 0 aromatic heterocycles. The van der Waals surface area contributed by atoms with Crippen LogP contribution in [0, 0.1) is 17.3 Å². The molecule has 4 atom stereocenters. The fraction of sp³-hybridized carbons (Fsp3) is 0.417. The Morgan fingerprint density at radius 1 is 1.29 bits per heavy atom. The van der Waals surface area contributed by atoms with E-state index in [9.17, 15) is 4.79 Å². The molecule has 1 fully saturated rings. The van der Waals surface area contributed by atoms with Crippen LogP contribution in [0.25, 0.3) is 0 Å². The van der Waals surface area contributed by atoms with E-state index in [4.69, 9.17) is 0 Å². The first kappa shape index (κ1) is 8.04. The highest BCUT2D eigenvalue weighted by Gasteiger charge is 2.51. The monoisotopic (exact) mass is 187 g/mol. The van der Waals surface area contributed by atoms with Crippen molar-refractivity contribution >= 4 is 5.91 Å². The molecule has 0 aromatic rings. The smallest absolute Gasteiger partial charge is 0.225 e. The molecule has 3 rings (SSSR count). The fourth-order valence-electron chi connectivity index (χ4n) is 2.87. The minimum atomic E-state index is -0.0920. The molecule has 3 aliphatic rings. The van der Waals surface area contributed by atoms with Crippen molar-refractivity contribution in [3.63, 3.8) is 0 Å². The van der Waals surface area contributed by atoms with Gasteiger partial charge < -0.3 is 5.32 Å². The van der Waals surface area contributed by atoms with Gasteiger partial charge in [0.05, 0.1) is 12.0 Å². The Morgan fingerprint density at radius 2 is 2.14 bits per heavy atom. The quantitative estimate of drug-likeness (QED) is 0.571. The summed E-state index contributed by atoms with van der Waals surface area (Å²) >= 11 is 0. The lowest BCUT2D eigenvalue weighted by atomic mass is 9.67. The van der Waals surface area contributed by atoms with Crippen LogP contribution in [0.1, 0.15) is 6.92 Å². The molecule has 1 heterocycles. The molecule has 2 heteroatoms. The molecule has 0 saturated carbocycles. The summed E-state index contributed by atoms with van der Waals surface area (Å²) in [5.41, 5.74) is -0.0920. The summed E-state index contributed by atoms with van der Waals surface area (Å²) in [6, 6.07) is 0.219. The zero-order valence-electron chi connectivity index (χ0n) is 8.10. The highest BCUT2D eigenvalue weighted by Crippen LogP contribution is 2.46. The Labute approximate surface area is 83.4 Å². The molecule has 0 spiro atoms. The Morgan fingerprint density at radius 3 is 3.00 bits per heavy atom. The first-order chi connectivity index (χ1) is 6.71. The van der Waals surface area contributed by atoms with E-state index in [1.165, 1.54) is 0 Å². The Kier molecular flexibility index (Phi) is 1.37. The Hall–Kier alpha value is -1.31. The van der Waals surface area contributed by atoms with Crippen LogP contribution < -0.4 is 5.32 Å². The van der Waals surface area contributed by atoms with E-state index < -0.39 is 0 Å². The molecule has 1 saturated heterocycles. The zero-order chi connectivity index (χ0) is 9.76. The van der Waals surface area contributed by atoms with Crippen molar-refractivity contribution in [1.82, 2.24) is 5.32 Å². The number of carbonyl (C=O) groups is 1. The summed E-state index contributed by atoms with van der Waals surface area (Å²) in [5, 5.41) is 3.03. The number of hydrogen-bond donors (Lipinski definition) is 1. The second-order valence-corrected chi connectivity index (χ2v) is 4.56. The lowest BCUT2D eigenvalue weighted by molar-refractivity contribution is -0.124. The van der Waals surface area contributed by atoms with Gasteiger partial charge in [0.2, 0.25) is 5.91 Å². The first-order valence-corrected chi connectivity index (χ1v) is 5.06. The van der Waals surface area contributed by atoms with E-state index >= 15 is 0 Å². The topological polar surface area (TPSA) is 29.1 Å². The molecule has 3 unspecified atom stereocenters. The van der Waals surface area contributed by atoms with Gasteiger partial charge in [0, 0.05) is 11.3 Å². The first-order valence-electron chi connectivity index (χ1n) is 5.06. The van der Waals surface area contributed by atoms with Crippen molar-refractivity contribution in [2.24, 2.45) is 17.3 Å². The summed E-state index contributed by atoms with van der Waals surface area (Å²) in [5.74, 6) is 0.628. The molecule has 2 nitrogen and oxygen atoms in total. The second kappa shape index (κ2) is 2.38. The van der Waals surface area contributed by atoms with Crippen molar-refractivity contribution in [2.45, 2.75) is 13.0 Å². The molecule has 1 aliphatic heterocycles. The molecule has 0 aromatic carbocycles. The minimum Gasteiger partial charge on any atom is -0.349 e. The van der Waals surface area contributed by atoms with E-state index in [1.54, 1.807) is 0 Å². The van der Waals surface area contributed by atoms with E-state index in [2.05, 4.69) is 48.7 Å². The molecule has 4 bridgehead atoms. The zero-order valence-corrected chi connectivity index (χ0v) is 8.10. The highest BCUT2D eigenvalue weighted by atomic mass is 16.2. The van der Waals surface area contributed by atoms with Crippen LogP contribution in [0.3, 0.4) is 0 Å². The van der Waals surface area contributed by atoms with Crippen LogP contribution in [-0.2, 0) is 4.79 Å². The number of amides is 1. The van der Waals surface area contributed by atoms with Crippen LogP contribution >= 0.6 is 0 Å². The standard InChI is InChI=1S/C12H13NO/c1-12-6-3-2-4-8-9(5-7-12)13-11(14)10(8)12/h2-10H,1H3,(H,13,14)/t8?,9?,10?,12-/m0/s1. The molecule has 1 N–H and O–H groups in total. The van der Waals surface area contributed by atoms with Gasteiger partial charge in [-0.15, -0.1) is 0 Å². The minimum absolute atomic E-state index is 0.0903.